The Morgan fingerprint density at radius 1 is 0.319 bits per heavy atom. The van der Waals surface area contributed by atoms with Crippen LogP contribution >= 0.6 is 0 Å². The van der Waals surface area contributed by atoms with Crippen LogP contribution in [0.3, 0.4) is 0 Å². The van der Waals surface area contributed by atoms with Crippen LogP contribution in [0.4, 0.5) is 0 Å². The summed E-state index contributed by atoms with van der Waals surface area (Å²) in [6.07, 6.45) is 0. The first-order valence-electron chi connectivity index (χ1n) is 16.3. The summed E-state index contributed by atoms with van der Waals surface area (Å²) in [6.45, 7) is 0. The number of rotatable bonds is 3. The Kier molecular flexibility index (Phi) is 5.56. The molecule has 0 fully saturated rings. The van der Waals surface area contributed by atoms with Crippen molar-refractivity contribution >= 4 is 10.9 Å². The molecule has 0 radical (unpaired) electrons. The van der Waals surface area contributed by atoms with Gasteiger partial charge in [0.25, 0.3) is 0 Å². The molecule has 1 aromatic heterocycles. The summed E-state index contributed by atoms with van der Waals surface area (Å²) in [7, 11) is 0. The SMILES string of the molecule is c1ccc(-c2c(-c3cccc4c3-c3ccccc3C43c4ccccc4-c4ccccc43)nc3ccccc3c2-c2ccccc2)cc1. The molecule has 2 aliphatic carbocycles. The molecule has 1 heterocycles. The van der Waals surface area contributed by atoms with Crippen molar-refractivity contribution in [3.05, 3.63) is 198 Å². The maximum atomic E-state index is 5.56. The van der Waals surface area contributed by atoms with E-state index in [2.05, 4.69) is 176 Å². The van der Waals surface area contributed by atoms with Gasteiger partial charge in [0.2, 0.25) is 0 Å². The van der Waals surface area contributed by atoms with Crippen LogP contribution in [0.2, 0.25) is 0 Å². The minimum Gasteiger partial charge on any atom is -0.247 e. The van der Waals surface area contributed by atoms with Crippen molar-refractivity contribution in [1.29, 1.82) is 0 Å². The highest BCUT2D eigenvalue weighted by molar-refractivity contribution is 6.09. The van der Waals surface area contributed by atoms with Crippen molar-refractivity contribution in [2.24, 2.45) is 0 Å². The highest BCUT2D eigenvalue weighted by Gasteiger charge is 2.52. The van der Waals surface area contributed by atoms with Gasteiger partial charge in [-0.05, 0) is 61.7 Å². The Bertz CT molecular complexity index is 2460. The molecule has 0 aliphatic heterocycles. The number of pyridine rings is 1. The lowest BCUT2D eigenvalue weighted by Crippen LogP contribution is -2.25. The fourth-order valence-electron chi connectivity index (χ4n) is 8.54. The zero-order chi connectivity index (χ0) is 31.0. The first kappa shape index (κ1) is 26.2. The third-order valence-electron chi connectivity index (χ3n) is 10.3. The highest BCUT2D eigenvalue weighted by Crippen LogP contribution is 2.64. The fourth-order valence-corrected chi connectivity index (χ4v) is 8.54. The Labute approximate surface area is 274 Å². The third-order valence-corrected chi connectivity index (χ3v) is 10.3. The van der Waals surface area contributed by atoms with E-state index < -0.39 is 5.41 Å². The average molecular weight is 596 g/mol. The van der Waals surface area contributed by atoms with E-state index in [0.29, 0.717) is 0 Å². The molecule has 0 saturated heterocycles. The van der Waals surface area contributed by atoms with Crippen LogP contribution in [0.1, 0.15) is 22.3 Å². The second-order valence-corrected chi connectivity index (χ2v) is 12.6. The van der Waals surface area contributed by atoms with E-state index in [1.54, 1.807) is 0 Å². The average Bonchev–Trinajstić information content (AvgIpc) is 3.62. The maximum Gasteiger partial charge on any atom is 0.0800 e. The van der Waals surface area contributed by atoms with Crippen molar-refractivity contribution < 1.29 is 0 Å². The van der Waals surface area contributed by atoms with Gasteiger partial charge in [-0.15, -0.1) is 0 Å². The molecule has 0 unspecified atom stereocenters. The summed E-state index contributed by atoms with van der Waals surface area (Å²) in [6, 6.07) is 64.2. The third kappa shape index (κ3) is 3.51. The molecule has 218 valence electrons. The van der Waals surface area contributed by atoms with E-state index in [9.17, 15) is 0 Å². The van der Waals surface area contributed by atoms with Gasteiger partial charge >= 0.3 is 0 Å². The molecule has 7 aromatic carbocycles. The van der Waals surface area contributed by atoms with E-state index >= 15 is 0 Å². The molecular formula is C46H29N. The molecule has 10 rings (SSSR count). The van der Waals surface area contributed by atoms with Crippen LogP contribution in [0, 0.1) is 0 Å². The smallest absolute Gasteiger partial charge is 0.0800 e. The predicted octanol–water partition coefficient (Wildman–Crippen LogP) is 11.6. The van der Waals surface area contributed by atoms with Crippen LogP contribution in [-0.2, 0) is 5.41 Å². The van der Waals surface area contributed by atoms with Crippen LogP contribution < -0.4 is 0 Å². The molecular weight excluding hydrogens is 567 g/mol. The molecule has 0 atom stereocenters. The number of aromatic nitrogens is 1. The maximum absolute atomic E-state index is 5.56. The van der Waals surface area contributed by atoms with Crippen LogP contribution in [0.25, 0.3) is 66.7 Å². The number of para-hydroxylation sites is 1. The molecule has 0 N–H and O–H groups in total. The lowest BCUT2D eigenvalue weighted by Gasteiger charge is -2.30. The molecule has 47 heavy (non-hydrogen) atoms. The molecule has 0 amide bonds. The topological polar surface area (TPSA) is 12.9 Å². The van der Waals surface area contributed by atoms with E-state index in [1.807, 2.05) is 0 Å². The van der Waals surface area contributed by atoms with Crippen LogP contribution in [0.5, 0.6) is 0 Å². The van der Waals surface area contributed by atoms with E-state index in [0.717, 1.165) is 33.3 Å². The zero-order valence-electron chi connectivity index (χ0n) is 25.7. The standard InChI is InChI=1S/C46H29N/c1-3-16-30(17-4-1)42-35-23-10-14-29-41(35)47-45(43(42)31-18-5-2-6-19-31)36-24-15-28-40-44(36)34-22-9-13-27-39(34)46(40)37-25-11-7-20-32(37)33-21-8-12-26-38(33)46/h1-29H. The van der Waals surface area contributed by atoms with Gasteiger partial charge in [-0.3, -0.25) is 0 Å². The molecule has 1 spiro atoms. The molecule has 2 aliphatic rings. The first-order valence-corrected chi connectivity index (χ1v) is 16.3. The largest absolute Gasteiger partial charge is 0.247 e. The van der Waals surface area contributed by atoms with Gasteiger partial charge in [0.15, 0.2) is 0 Å². The van der Waals surface area contributed by atoms with Crippen molar-refractivity contribution in [2.45, 2.75) is 5.41 Å². The molecule has 1 heteroatoms. The van der Waals surface area contributed by atoms with Crippen LogP contribution in [0.15, 0.2) is 176 Å². The number of hydrogen-bond acceptors (Lipinski definition) is 1. The minimum atomic E-state index is -0.402. The lowest BCUT2D eigenvalue weighted by molar-refractivity contribution is 0.794. The number of fused-ring (bicyclic) bond motifs is 11. The molecule has 8 aromatic rings. The van der Waals surface area contributed by atoms with Crippen molar-refractivity contribution in [1.82, 2.24) is 4.98 Å². The van der Waals surface area contributed by atoms with Gasteiger partial charge in [-0.2, -0.15) is 0 Å². The summed E-state index contributed by atoms with van der Waals surface area (Å²) >= 11 is 0. The Morgan fingerprint density at radius 3 is 1.45 bits per heavy atom. The van der Waals surface area contributed by atoms with Gasteiger partial charge in [-0.25, -0.2) is 4.98 Å². The van der Waals surface area contributed by atoms with Gasteiger partial charge in [-0.1, -0.05) is 170 Å². The van der Waals surface area contributed by atoms with Crippen LogP contribution in [-0.4, -0.2) is 4.98 Å². The van der Waals surface area contributed by atoms with Gasteiger partial charge < -0.3 is 0 Å². The second-order valence-electron chi connectivity index (χ2n) is 12.6. The van der Waals surface area contributed by atoms with Crippen molar-refractivity contribution in [2.75, 3.05) is 0 Å². The number of hydrogen-bond donors (Lipinski definition) is 0. The van der Waals surface area contributed by atoms with Crippen molar-refractivity contribution in [3.63, 3.8) is 0 Å². The van der Waals surface area contributed by atoms with Gasteiger partial charge in [0.05, 0.1) is 16.6 Å². The zero-order valence-corrected chi connectivity index (χ0v) is 25.7. The normalized spacial score (nSPS) is 13.3. The second kappa shape index (κ2) is 9.97. The molecule has 0 saturated carbocycles. The molecule has 0 bridgehead atoms. The quantitative estimate of drug-likeness (QED) is 0.198. The van der Waals surface area contributed by atoms with Crippen molar-refractivity contribution in [3.8, 4) is 55.8 Å². The summed E-state index contributed by atoms with van der Waals surface area (Å²) in [5.74, 6) is 0. The van der Waals surface area contributed by atoms with E-state index in [4.69, 9.17) is 4.98 Å². The molecule has 1 nitrogen and oxygen atoms in total. The van der Waals surface area contributed by atoms with Gasteiger partial charge in [0.1, 0.15) is 0 Å². The predicted molar refractivity (Wildman–Crippen MR) is 194 cm³/mol. The monoisotopic (exact) mass is 595 g/mol. The first-order chi connectivity index (χ1) is 23.4. The summed E-state index contributed by atoms with van der Waals surface area (Å²) in [5, 5.41) is 1.16. The highest BCUT2D eigenvalue weighted by atomic mass is 14.7. The fraction of sp³-hybridized carbons (Fsp3) is 0.0217. The van der Waals surface area contributed by atoms with E-state index in [1.165, 1.54) is 55.6 Å². The summed E-state index contributed by atoms with van der Waals surface area (Å²) in [4.78, 5) is 5.56. The Balaban J connectivity index is 1.38. The number of nitrogens with zero attached hydrogens (tertiary/aromatic N) is 1. The number of benzene rings is 7. The minimum absolute atomic E-state index is 0.402. The van der Waals surface area contributed by atoms with Gasteiger partial charge in [0, 0.05) is 22.1 Å². The Hall–Kier alpha value is -6.05. The summed E-state index contributed by atoms with van der Waals surface area (Å²) in [5.41, 5.74) is 18.0. The lowest BCUT2D eigenvalue weighted by atomic mass is 9.70. The Morgan fingerprint density at radius 2 is 0.787 bits per heavy atom. The summed E-state index contributed by atoms with van der Waals surface area (Å²) < 4.78 is 0. The van der Waals surface area contributed by atoms with E-state index in [-0.39, 0.29) is 0 Å².